The molecule has 2 aliphatic heterocycles. The number of hydrogen-bond donors (Lipinski definition) is 1. The number of anilines is 1. The maximum absolute atomic E-state index is 13.9. The van der Waals surface area contributed by atoms with Gasteiger partial charge in [0, 0.05) is 28.5 Å². The summed E-state index contributed by atoms with van der Waals surface area (Å²) in [5.41, 5.74) is 5.32. The van der Waals surface area contributed by atoms with Gasteiger partial charge < -0.3 is 10.1 Å². The molecule has 0 radical (unpaired) electrons. The third-order valence-electron chi connectivity index (χ3n) is 5.07. The lowest BCUT2D eigenvalue weighted by Crippen LogP contribution is -2.35. The molecule has 2 aromatic carbocycles. The molecule has 0 aliphatic carbocycles. The van der Waals surface area contributed by atoms with E-state index in [4.69, 9.17) is 4.74 Å². The van der Waals surface area contributed by atoms with Gasteiger partial charge in [-0.1, -0.05) is 12.1 Å². The van der Waals surface area contributed by atoms with Crippen LogP contribution >= 0.6 is 0 Å². The number of ether oxygens (including phenoxy) is 1. The second-order valence-electron chi connectivity index (χ2n) is 7.39. The Labute approximate surface area is 152 Å². The Morgan fingerprint density at radius 2 is 1.96 bits per heavy atom. The Kier molecular flexibility index (Phi) is 3.55. The van der Waals surface area contributed by atoms with Crippen LogP contribution in [0.1, 0.15) is 38.8 Å². The number of hydrogen-bond acceptors (Lipinski definition) is 3. The van der Waals surface area contributed by atoms with Crippen LogP contribution in [0.4, 0.5) is 10.1 Å². The minimum Gasteiger partial charge on any atom is -0.456 e. The summed E-state index contributed by atoms with van der Waals surface area (Å²) in [4.78, 5) is 11.8. The zero-order valence-electron chi connectivity index (χ0n) is 15.2. The van der Waals surface area contributed by atoms with E-state index in [-0.39, 0.29) is 17.1 Å². The molecule has 4 rings (SSSR count). The summed E-state index contributed by atoms with van der Waals surface area (Å²) < 4.78 is 19.8. The first-order valence-electron chi connectivity index (χ1n) is 8.60. The Morgan fingerprint density at radius 1 is 1.19 bits per heavy atom. The monoisotopic (exact) mass is 349 g/mol. The van der Waals surface area contributed by atoms with Crippen LogP contribution in [-0.4, -0.2) is 11.3 Å². The van der Waals surface area contributed by atoms with E-state index < -0.39 is 0 Å². The highest BCUT2D eigenvalue weighted by Crippen LogP contribution is 2.47. The summed E-state index contributed by atoms with van der Waals surface area (Å²) in [6.07, 6.45) is 3.61. The van der Waals surface area contributed by atoms with Gasteiger partial charge in [0.05, 0.1) is 5.54 Å². The highest BCUT2D eigenvalue weighted by atomic mass is 19.1. The van der Waals surface area contributed by atoms with Crippen molar-refractivity contribution in [3.8, 4) is 16.9 Å². The van der Waals surface area contributed by atoms with Gasteiger partial charge in [0.15, 0.2) is 5.78 Å². The van der Waals surface area contributed by atoms with Crippen molar-refractivity contribution in [2.75, 3.05) is 5.32 Å². The van der Waals surface area contributed by atoms with Crippen molar-refractivity contribution >= 4 is 23.3 Å². The van der Waals surface area contributed by atoms with Gasteiger partial charge in [-0.15, -0.1) is 0 Å². The number of nitrogens with one attached hydrogen (secondary N) is 1. The Morgan fingerprint density at radius 3 is 2.69 bits per heavy atom. The number of allylic oxidation sites excluding steroid dienone is 1. The number of carbonyl (C=O) groups is 1. The fourth-order valence-corrected chi connectivity index (χ4v) is 3.46. The molecule has 1 N–H and O–H groups in total. The van der Waals surface area contributed by atoms with Gasteiger partial charge in [0.1, 0.15) is 17.3 Å². The molecule has 0 unspecified atom stereocenters. The molecule has 0 bridgehead atoms. The molecule has 2 heterocycles. The molecule has 0 saturated heterocycles. The van der Waals surface area contributed by atoms with Crippen molar-refractivity contribution in [2.24, 2.45) is 0 Å². The van der Waals surface area contributed by atoms with Crippen LogP contribution < -0.4 is 10.1 Å². The summed E-state index contributed by atoms with van der Waals surface area (Å²) in [5.74, 6) is 0.630. The number of ketones is 1. The Hall–Kier alpha value is -2.88. The van der Waals surface area contributed by atoms with Gasteiger partial charge in [-0.3, -0.25) is 4.79 Å². The average Bonchev–Trinajstić information content (AvgIpc) is 2.55. The average molecular weight is 349 g/mol. The zero-order valence-corrected chi connectivity index (χ0v) is 15.2. The molecule has 0 atom stereocenters. The molecule has 0 fully saturated rings. The molecule has 0 amide bonds. The van der Waals surface area contributed by atoms with Gasteiger partial charge in [0.25, 0.3) is 0 Å². The first-order chi connectivity index (χ1) is 12.3. The topological polar surface area (TPSA) is 38.3 Å². The third-order valence-corrected chi connectivity index (χ3v) is 5.07. The highest BCUT2D eigenvalue weighted by molar-refractivity contribution is 6.01. The largest absolute Gasteiger partial charge is 0.456 e. The van der Waals surface area contributed by atoms with E-state index in [2.05, 4.69) is 32.2 Å². The standard InChI is InChI=1S/C22H20FNO2/c1-12-9-17-18(24-22(12,3)4)7-6-15-16-11-14(23)5-8-19(16)26-20(21(15)17)10-13(2)25/h5-11,24H,1-4H3/b20-10-. The summed E-state index contributed by atoms with van der Waals surface area (Å²) >= 11 is 0. The van der Waals surface area contributed by atoms with Crippen molar-refractivity contribution in [3.05, 3.63) is 58.9 Å². The maximum atomic E-state index is 13.9. The SMILES string of the molecule is CC(=O)/C=C1\Oc2ccc(F)cc2-c2ccc3c(c21)C=C(C)C(C)(C)N3. The van der Waals surface area contributed by atoms with Crippen LogP contribution in [0.5, 0.6) is 5.75 Å². The number of fused-ring (bicyclic) bond motifs is 5. The maximum Gasteiger partial charge on any atom is 0.156 e. The molecule has 3 nitrogen and oxygen atoms in total. The molecule has 0 aromatic heterocycles. The normalized spacial score (nSPS) is 18.0. The second kappa shape index (κ2) is 5.56. The van der Waals surface area contributed by atoms with Gasteiger partial charge >= 0.3 is 0 Å². The lowest BCUT2D eigenvalue weighted by atomic mass is 9.83. The fourth-order valence-electron chi connectivity index (χ4n) is 3.46. The number of benzene rings is 2. The van der Waals surface area contributed by atoms with E-state index in [0.29, 0.717) is 17.1 Å². The molecule has 0 spiro atoms. The second-order valence-corrected chi connectivity index (χ2v) is 7.39. The molecule has 26 heavy (non-hydrogen) atoms. The van der Waals surface area contributed by atoms with Gasteiger partial charge in [-0.2, -0.15) is 0 Å². The van der Waals surface area contributed by atoms with E-state index in [0.717, 1.165) is 22.4 Å². The Bertz CT molecular complexity index is 1020. The van der Waals surface area contributed by atoms with Gasteiger partial charge in [-0.25, -0.2) is 4.39 Å². The van der Waals surface area contributed by atoms with Crippen molar-refractivity contribution in [3.63, 3.8) is 0 Å². The summed E-state index contributed by atoms with van der Waals surface area (Å²) in [5, 5.41) is 3.54. The van der Waals surface area contributed by atoms with E-state index in [1.54, 1.807) is 6.07 Å². The van der Waals surface area contributed by atoms with Crippen LogP contribution in [-0.2, 0) is 4.79 Å². The predicted molar refractivity (Wildman–Crippen MR) is 102 cm³/mol. The first-order valence-corrected chi connectivity index (χ1v) is 8.60. The van der Waals surface area contributed by atoms with E-state index in [9.17, 15) is 9.18 Å². The quantitative estimate of drug-likeness (QED) is 0.698. The van der Waals surface area contributed by atoms with E-state index >= 15 is 0 Å². The molecule has 2 aromatic rings. The van der Waals surface area contributed by atoms with Crippen LogP contribution in [0.15, 0.2) is 42.0 Å². The van der Waals surface area contributed by atoms with Gasteiger partial charge in [0.2, 0.25) is 0 Å². The van der Waals surface area contributed by atoms with Crippen LogP contribution in [0.2, 0.25) is 0 Å². The smallest absolute Gasteiger partial charge is 0.156 e. The lowest BCUT2D eigenvalue weighted by Gasteiger charge is -2.36. The number of rotatable bonds is 1. The zero-order chi connectivity index (χ0) is 18.6. The van der Waals surface area contributed by atoms with Crippen LogP contribution in [0, 0.1) is 5.82 Å². The van der Waals surface area contributed by atoms with Crippen molar-refractivity contribution in [1.82, 2.24) is 0 Å². The van der Waals surface area contributed by atoms with Gasteiger partial charge in [-0.05, 0) is 63.1 Å². The molecule has 132 valence electrons. The molecular formula is C22H20FNO2. The minimum atomic E-state index is -0.319. The summed E-state index contributed by atoms with van der Waals surface area (Å²) in [7, 11) is 0. The minimum absolute atomic E-state index is 0.0982. The predicted octanol–water partition coefficient (Wildman–Crippen LogP) is 5.42. The number of halogens is 1. The Balaban J connectivity index is 2.05. The van der Waals surface area contributed by atoms with Crippen LogP contribution in [0.3, 0.4) is 0 Å². The first kappa shape index (κ1) is 16.6. The number of carbonyl (C=O) groups excluding carboxylic acids is 1. The molecule has 2 aliphatic rings. The lowest BCUT2D eigenvalue weighted by molar-refractivity contribution is -0.112. The summed E-state index contributed by atoms with van der Waals surface area (Å²) in [6.45, 7) is 7.80. The van der Waals surface area contributed by atoms with Crippen molar-refractivity contribution < 1.29 is 13.9 Å². The third kappa shape index (κ3) is 2.53. The van der Waals surface area contributed by atoms with Crippen molar-refractivity contribution in [1.29, 1.82) is 0 Å². The van der Waals surface area contributed by atoms with E-state index in [1.165, 1.54) is 30.7 Å². The molecular weight excluding hydrogens is 329 g/mol. The highest BCUT2D eigenvalue weighted by Gasteiger charge is 2.31. The molecule has 4 heteroatoms. The fraction of sp³-hybridized carbons (Fsp3) is 0.227. The van der Waals surface area contributed by atoms with Crippen LogP contribution in [0.25, 0.3) is 23.0 Å². The van der Waals surface area contributed by atoms with E-state index in [1.807, 2.05) is 12.1 Å². The summed E-state index contributed by atoms with van der Waals surface area (Å²) in [6, 6.07) is 8.40. The van der Waals surface area contributed by atoms with Crippen molar-refractivity contribution in [2.45, 2.75) is 33.2 Å². The molecule has 0 saturated carbocycles.